The number of hydrogen-bond donors (Lipinski definition) is 2. The molecule has 0 saturated carbocycles. The number of aromatic amines is 1. The van der Waals surface area contributed by atoms with E-state index in [1.165, 1.54) is 5.56 Å². The van der Waals surface area contributed by atoms with Gasteiger partial charge in [-0.2, -0.15) is 0 Å². The number of aromatic nitrogens is 3. The van der Waals surface area contributed by atoms with Crippen molar-refractivity contribution < 1.29 is 4.79 Å². The summed E-state index contributed by atoms with van der Waals surface area (Å²) in [5.74, 6) is 0.851. The number of carbonyl (C=O) groups excluding carboxylic acids is 1. The van der Waals surface area contributed by atoms with Crippen molar-refractivity contribution in [3.63, 3.8) is 0 Å². The molecule has 128 valence electrons. The number of carbonyl (C=O) groups is 1. The smallest absolute Gasteiger partial charge is 0.255 e. The number of anilines is 1. The van der Waals surface area contributed by atoms with Gasteiger partial charge in [0.25, 0.3) is 5.91 Å². The molecule has 0 fully saturated rings. The molecule has 4 aromatic rings. The van der Waals surface area contributed by atoms with E-state index in [0.717, 1.165) is 35.4 Å². The fourth-order valence-corrected chi connectivity index (χ4v) is 2.85. The van der Waals surface area contributed by atoms with Crippen molar-refractivity contribution in [2.24, 2.45) is 0 Å². The van der Waals surface area contributed by atoms with Gasteiger partial charge in [0.15, 0.2) is 0 Å². The number of pyridine rings is 1. The summed E-state index contributed by atoms with van der Waals surface area (Å²) in [6.45, 7) is 0. The number of imidazole rings is 1. The van der Waals surface area contributed by atoms with E-state index in [1.807, 2.05) is 48.5 Å². The average Bonchev–Trinajstić information content (AvgIpc) is 3.11. The van der Waals surface area contributed by atoms with Crippen LogP contribution in [0.1, 0.15) is 21.7 Å². The van der Waals surface area contributed by atoms with Crippen molar-refractivity contribution in [2.45, 2.75) is 12.8 Å². The lowest BCUT2D eigenvalue weighted by Gasteiger charge is -2.06. The first-order chi connectivity index (χ1) is 12.8. The van der Waals surface area contributed by atoms with Gasteiger partial charge in [-0.15, -0.1) is 0 Å². The van der Waals surface area contributed by atoms with Crippen LogP contribution in [0.3, 0.4) is 0 Å². The quantitative estimate of drug-likeness (QED) is 0.576. The number of nitrogens with zero attached hydrogens (tertiary/aromatic N) is 2. The molecule has 26 heavy (non-hydrogen) atoms. The van der Waals surface area contributed by atoms with Crippen LogP contribution >= 0.6 is 0 Å². The zero-order chi connectivity index (χ0) is 17.8. The fraction of sp³-hybridized carbons (Fsp3) is 0.0952. The Morgan fingerprint density at radius 2 is 1.69 bits per heavy atom. The van der Waals surface area contributed by atoms with Crippen molar-refractivity contribution in [3.05, 3.63) is 90.0 Å². The standard InChI is InChI=1S/C21H18N4O/c26-21(16-11-13-22-14-12-16)23-17-8-5-15(6-9-17)7-10-20-24-18-3-1-2-4-19(18)25-20/h1-6,8-9,11-14H,7,10H2,(H,23,26)(H,24,25). The monoisotopic (exact) mass is 342 g/mol. The van der Waals surface area contributed by atoms with Gasteiger partial charge in [-0.25, -0.2) is 4.98 Å². The highest BCUT2D eigenvalue weighted by atomic mass is 16.1. The van der Waals surface area contributed by atoms with Crippen LogP contribution in [0.4, 0.5) is 5.69 Å². The van der Waals surface area contributed by atoms with E-state index in [9.17, 15) is 4.79 Å². The summed E-state index contributed by atoms with van der Waals surface area (Å²) >= 11 is 0. The van der Waals surface area contributed by atoms with Gasteiger partial charge in [-0.05, 0) is 48.4 Å². The van der Waals surface area contributed by atoms with Crippen LogP contribution in [-0.2, 0) is 12.8 Å². The van der Waals surface area contributed by atoms with Crippen LogP contribution < -0.4 is 5.32 Å². The summed E-state index contributed by atoms with van der Waals surface area (Å²) in [7, 11) is 0. The maximum absolute atomic E-state index is 12.1. The Balaban J connectivity index is 1.37. The molecule has 0 bridgehead atoms. The summed E-state index contributed by atoms with van der Waals surface area (Å²) in [5.41, 5.74) is 4.63. The molecular formula is C21H18N4O. The number of H-pyrrole nitrogens is 1. The maximum atomic E-state index is 12.1. The second-order valence-electron chi connectivity index (χ2n) is 6.09. The number of nitrogens with one attached hydrogen (secondary N) is 2. The first-order valence-electron chi connectivity index (χ1n) is 8.52. The van der Waals surface area contributed by atoms with E-state index in [2.05, 4.69) is 20.3 Å². The molecule has 0 saturated heterocycles. The fourth-order valence-electron chi connectivity index (χ4n) is 2.85. The predicted molar refractivity (Wildman–Crippen MR) is 102 cm³/mol. The van der Waals surface area contributed by atoms with E-state index in [1.54, 1.807) is 24.5 Å². The summed E-state index contributed by atoms with van der Waals surface area (Å²) < 4.78 is 0. The average molecular weight is 342 g/mol. The molecule has 2 aromatic carbocycles. The third-order valence-corrected chi connectivity index (χ3v) is 4.24. The topological polar surface area (TPSA) is 70.7 Å². The van der Waals surface area contributed by atoms with E-state index < -0.39 is 0 Å². The highest BCUT2D eigenvalue weighted by Crippen LogP contribution is 2.15. The lowest BCUT2D eigenvalue weighted by atomic mass is 10.1. The molecule has 0 aliphatic carbocycles. The number of para-hydroxylation sites is 2. The van der Waals surface area contributed by atoms with Crippen molar-refractivity contribution in [1.29, 1.82) is 0 Å². The summed E-state index contributed by atoms with van der Waals surface area (Å²) in [6, 6.07) is 19.3. The molecule has 2 aromatic heterocycles. The van der Waals surface area contributed by atoms with E-state index in [-0.39, 0.29) is 5.91 Å². The largest absolute Gasteiger partial charge is 0.342 e. The third-order valence-electron chi connectivity index (χ3n) is 4.24. The summed E-state index contributed by atoms with van der Waals surface area (Å²) in [6.07, 6.45) is 4.95. The number of hydrogen-bond acceptors (Lipinski definition) is 3. The van der Waals surface area contributed by atoms with Crippen molar-refractivity contribution in [2.75, 3.05) is 5.32 Å². The van der Waals surface area contributed by atoms with Gasteiger partial charge >= 0.3 is 0 Å². The van der Waals surface area contributed by atoms with Crippen LogP contribution in [0, 0.1) is 0 Å². The minimum atomic E-state index is -0.137. The van der Waals surface area contributed by atoms with Crippen LogP contribution in [0.5, 0.6) is 0 Å². The minimum Gasteiger partial charge on any atom is -0.342 e. The first-order valence-corrected chi connectivity index (χ1v) is 8.52. The molecule has 5 nitrogen and oxygen atoms in total. The molecule has 0 radical (unpaired) electrons. The number of rotatable bonds is 5. The second-order valence-corrected chi connectivity index (χ2v) is 6.09. The Morgan fingerprint density at radius 1 is 0.923 bits per heavy atom. The zero-order valence-electron chi connectivity index (χ0n) is 14.1. The molecule has 0 unspecified atom stereocenters. The highest BCUT2D eigenvalue weighted by molar-refractivity contribution is 6.04. The van der Waals surface area contributed by atoms with Gasteiger partial charge in [-0.1, -0.05) is 24.3 Å². The molecule has 0 atom stereocenters. The zero-order valence-corrected chi connectivity index (χ0v) is 14.1. The number of amides is 1. The third kappa shape index (κ3) is 3.62. The Kier molecular flexibility index (Phi) is 4.43. The SMILES string of the molecule is O=C(Nc1ccc(CCc2nc3ccccc3[nH]2)cc1)c1ccncc1. The van der Waals surface area contributed by atoms with Crippen molar-refractivity contribution in [1.82, 2.24) is 15.0 Å². The lowest BCUT2D eigenvalue weighted by Crippen LogP contribution is -2.11. The first kappa shape index (κ1) is 16.0. The Hall–Kier alpha value is -3.47. The Labute approximate surface area is 151 Å². The van der Waals surface area contributed by atoms with E-state index >= 15 is 0 Å². The Morgan fingerprint density at radius 3 is 2.46 bits per heavy atom. The molecule has 2 N–H and O–H groups in total. The lowest BCUT2D eigenvalue weighted by molar-refractivity contribution is 0.102. The normalized spacial score (nSPS) is 10.8. The molecule has 0 spiro atoms. The number of aryl methyl sites for hydroxylation is 2. The maximum Gasteiger partial charge on any atom is 0.255 e. The van der Waals surface area contributed by atoms with Gasteiger partial charge in [0, 0.05) is 30.1 Å². The van der Waals surface area contributed by atoms with E-state index in [4.69, 9.17) is 0 Å². The molecule has 4 rings (SSSR count). The molecule has 0 aliphatic heterocycles. The van der Waals surface area contributed by atoms with Gasteiger partial charge in [0.05, 0.1) is 11.0 Å². The molecule has 1 amide bonds. The van der Waals surface area contributed by atoms with Crippen LogP contribution in [0.2, 0.25) is 0 Å². The molecular weight excluding hydrogens is 324 g/mol. The number of fused-ring (bicyclic) bond motifs is 1. The molecule has 5 heteroatoms. The Bertz CT molecular complexity index is 990. The van der Waals surface area contributed by atoms with Gasteiger partial charge in [0.1, 0.15) is 5.82 Å². The van der Waals surface area contributed by atoms with Crippen molar-refractivity contribution in [3.8, 4) is 0 Å². The van der Waals surface area contributed by atoms with Crippen molar-refractivity contribution >= 4 is 22.6 Å². The molecule has 0 aliphatic rings. The van der Waals surface area contributed by atoms with E-state index in [0.29, 0.717) is 5.56 Å². The van der Waals surface area contributed by atoms with Crippen LogP contribution in [-0.4, -0.2) is 20.9 Å². The van der Waals surface area contributed by atoms with Gasteiger partial charge in [-0.3, -0.25) is 9.78 Å². The predicted octanol–water partition coefficient (Wildman–Crippen LogP) is 4.00. The van der Waals surface area contributed by atoms with Gasteiger partial charge in [0.2, 0.25) is 0 Å². The van der Waals surface area contributed by atoms with Crippen LogP contribution in [0.15, 0.2) is 73.1 Å². The van der Waals surface area contributed by atoms with Crippen LogP contribution in [0.25, 0.3) is 11.0 Å². The minimum absolute atomic E-state index is 0.137. The summed E-state index contributed by atoms with van der Waals surface area (Å²) in [5, 5.41) is 2.89. The highest BCUT2D eigenvalue weighted by Gasteiger charge is 2.06. The molecule has 2 heterocycles. The number of benzene rings is 2. The second kappa shape index (κ2) is 7.19. The summed E-state index contributed by atoms with van der Waals surface area (Å²) in [4.78, 5) is 24.0. The van der Waals surface area contributed by atoms with Gasteiger partial charge < -0.3 is 10.3 Å².